The third-order valence-corrected chi connectivity index (χ3v) is 4.06. The maximum atomic E-state index is 11.8. The molecule has 0 radical (unpaired) electrons. The van der Waals surface area contributed by atoms with Gasteiger partial charge in [0.25, 0.3) is 0 Å². The Morgan fingerprint density at radius 2 is 2.13 bits per heavy atom. The predicted molar refractivity (Wildman–Crippen MR) is 57.0 cm³/mol. The first-order chi connectivity index (χ1) is 7.03. The summed E-state index contributed by atoms with van der Waals surface area (Å²) in [6.07, 6.45) is 4.52. The van der Waals surface area contributed by atoms with E-state index in [0.29, 0.717) is 18.3 Å². The zero-order valence-electron chi connectivity index (χ0n) is 9.51. The summed E-state index contributed by atoms with van der Waals surface area (Å²) in [6, 6.07) is 0. The Labute approximate surface area is 90.6 Å². The minimum absolute atomic E-state index is 0.0159. The molecule has 1 spiro atoms. The van der Waals surface area contributed by atoms with E-state index < -0.39 is 0 Å². The molecule has 0 bridgehead atoms. The minimum atomic E-state index is -0.343. The van der Waals surface area contributed by atoms with Crippen molar-refractivity contribution < 1.29 is 9.59 Å². The van der Waals surface area contributed by atoms with Crippen LogP contribution in [0.1, 0.15) is 46.0 Å². The van der Waals surface area contributed by atoms with Gasteiger partial charge in [-0.2, -0.15) is 0 Å². The molecule has 1 N–H and O–H groups in total. The third kappa shape index (κ3) is 1.80. The molecule has 3 nitrogen and oxygen atoms in total. The van der Waals surface area contributed by atoms with Gasteiger partial charge in [0.1, 0.15) is 0 Å². The average Bonchev–Trinajstić information content (AvgIpc) is 2.41. The summed E-state index contributed by atoms with van der Waals surface area (Å²) in [5, 5.41) is 2.46. The highest BCUT2D eigenvalue weighted by Crippen LogP contribution is 2.46. The molecule has 2 amide bonds. The molecule has 2 atom stereocenters. The molecule has 2 unspecified atom stereocenters. The molecule has 1 heterocycles. The second-order valence-electron chi connectivity index (χ2n) is 5.43. The number of amides is 2. The molecule has 84 valence electrons. The maximum Gasteiger partial charge on any atom is 0.233 e. The van der Waals surface area contributed by atoms with E-state index in [1.54, 1.807) is 0 Å². The van der Waals surface area contributed by atoms with Crippen LogP contribution in [-0.4, -0.2) is 11.8 Å². The fourth-order valence-corrected chi connectivity index (χ4v) is 3.04. The van der Waals surface area contributed by atoms with E-state index in [4.69, 9.17) is 0 Å². The Hall–Kier alpha value is -0.860. The number of nitrogens with one attached hydrogen (secondary N) is 1. The highest BCUT2D eigenvalue weighted by atomic mass is 16.2. The van der Waals surface area contributed by atoms with Crippen molar-refractivity contribution in [3.05, 3.63) is 0 Å². The van der Waals surface area contributed by atoms with Crippen LogP contribution in [0.4, 0.5) is 0 Å². The van der Waals surface area contributed by atoms with Gasteiger partial charge in [-0.25, -0.2) is 0 Å². The van der Waals surface area contributed by atoms with Gasteiger partial charge in [0.2, 0.25) is 11.8 Å². The largest absolute Gasteiger partial charge is 0.296 e. The molecule has 1 aliphatic carbocycles. The van der Waals surface area contributed by atoms with Crippen LogP contribution in [0.3, 0.4) is 0 Å². The van der Waals surface area contributed by atoms with Crippen LogP contribution < -0.4 is 5.32 Å². The van der Waals surface area contributed by atoms with Gasteiger partial charge in [-0.3, -0.25) is 14.9 Å². The van der Waals surface area contributed by atoms with Crippen LogP contribution >= 0.6 is 0 Å². The quantitative estimate of drug-likeness (QED) is 0.670. The van der Waals surface area contributed by atoms with E-state index >= 15 is 0 Å². The molecule has 1 aliphatic heterocycles. The molecule has 0 aromatic heterocycles. The first kappa shape index (κ1) is 10.7. The molecular formula is C12H19NO2. The Kier molecular flexibility index (Phi) is 2.57. The van der Waals surface area contributed by atoms with Gasteiger partial charge in [0.15, 0.2) is 0 Å². The second-order valence-corrected chi connectivity index (χ2v) is 5.43. The molecular weight excluding hydrogens is 190 g/mol. The van der Waals surface area contributed by atoms with Crippen LogP contribution in [0.25, 0.3) is 0 Å². The molecule has 0 aromatic rings. The fraction of sp³-hybridized carbons (Fsp3) is 0.833. The van der Waals surface area contributed by atoms with Crippen molar-refractivity contribution in [1.29, 1.82) is 0 Å². The second kappa shape index (κ2) is 3.62. The van der Waals surface area contributed by atoms with Crippen molar-refractivity contribution in [2.75, 3.05) is 0 Å². The number of imide groups is 1. The summed E-state index contributed by atoms with van der Waals surface area (Å²) in [7, 11) is 0. The summed E-state index contributed by atoms with van der Waals surface area (Å²) in [5.41, 5.74) is -0.343. The third-order valence-electron chi connectivity index (χ3n) is 4.06. The first-order valence-electron chi connectivity index (χ1n) is 5.88. The molecule has 2 rings (SSSR count). The highest BCUT2D eigenvalue weighted by molar-refractivity contribution is 6.05. The molecule has 1 saturated heterocycles. The van der Waals surface area contributed by atoms with E-state index in [9.17, 15) is 9.59 Å². The van der Waals surface area contributed by atoms with Crippen LogP contribution in [0.5, 0.6) is 0 Å². The smallest absolute Gasteiger partial charge is 0.233 e. The maximum absolute atomic E-state index is 11.8. The van der Waals surface area contributed by atoms with Gasteiger partial charge in [-0.05, 0) is 24.7 Å². The lowest BCUT2D eigenvalue weighted by molar-refractivity contribution is -0.130. The lowest BCUT2D eigenvalue weighted by atomic mass is 9.66. The van der Waals surface area contributed by atoms with E-state index in [-0.39, 0.29) is 17.2 Å². The topological polar surface area (TPSA) is 46.2 Å². The number of carbonyl (C=O) groups excluding carboxylic acids is 2. The number of rotatable bonds is 1. The standard InChI is InChI=1S/C12H19NO2/c1-8(2)9-4-3-5-12(6-9)7-10(14)13-11(12)15/h8-9H,3-7H2,1-2H3,(H,13,14,15). The van der Waals surface area contributed by atoms with Crippen molar-refractivity contribution in [2.45, 2.75) is 46.0 Å². The van der Waals surface area contributed by atoms with Gasteiger partial charge < -0.3 is 0 Å². The van der Waals surface area contributed by atoms with Crippen molar-refractivity contribution in [2.24, 2.45) is 17.3 Å². The Balaban J connectivity index is 2.15. The zero-order valence-corrected chi connectivity index (χ0v) is 9.51. The van der Waals surface area contributed by atoms with Crippen LogP contribution in [0.15, 0.2) is 0 Å². The van der Waals surface area contributed by atoms with Crippen molar-refractivity contribution >= 4 is 11.8 Å². The number of hydrogen-bond donors (Lipinski definition) is 1. The lowest BCUT2D eigenvalue weighted by Gasteiger charge is -2.37. The molecule has 0 aromatic carbocycles. The molecule has 3 heteroatoms. The van der Waals surface area contributed by atoms with Crippen LogP contribution in [0, 0.1) is 17.3 Å². The Bertz CT molecular complexity index is 298. The van der Waals surface area contributed by atoms with E-state index in [0.717, 1.165) is 19.3 Å². The van der Waals surface area contributed by atoms with E-state index in [1.807, 2.05) is 0 Å². The average molecular weight is 209 g/mol. The van der Waals surface area contributed by atoms with Crippen molar-refractivity contribution in [3.8, 4) is 0 Å². The van der Waals surface area contributed by atoms with Crippen molar-refractivity contribution in [3.63, 3.8) is 0 Å². The normalized spacial score (nSPS) is 36.3. The summed E-state index contributed by atoms with van der Waals surface area (Å²) in [5.74, 6) is 1.13. The molecule has 15 heavy (non-hydrogen) atoms. The highest BCUT2D eigenvalue weighted by Gasteiger charge is 2.49. The van der Waals surface area contributed by atoms with Crippen molar-refractivity contribution in [1.82, 2.24) is 5.32 Å². The minimum Gasteiger partial charge on any atom is -0.296 e. The Morgan fingerprint density at radius 1 is 1.40 bits per heavy atom. The summed E-state index contributed by atoms with van der Waals surface area (Å²) < 4.78 is 0. The van der Waals surface area contributed by atoms with Gasteiger partial charge in [-0.1, -0.05) is 26.7 Å². The number of hydrogen-bond acceptors (Lipinski definition) is 2. The predicted octanol–water partition coefficient (Wildman–Crippen LogP) is 1.87. The first-order valence-corrected chi connectivity index (χ1v) is 5.88. The van der Waals surface area contributed by atoms with Crippen LogP contribution in [-0.2, 0) is 9.59 Å². The fourth-order valence-electron chi connectivity index (χ4n) is 3.04. The Morgan fingerprint density at radius 3 is 2.67 bits per heavy atom. The van der Waals surface area contributed by atoms with Gasteiger partial charge in [0, 0.05) is 6.42 Å². The molecule has 2 fully saturated rings. The summed E-state index contributed by atoms with van der Waals surface area (Å²) >= 11 is 0. The molecule has 2 aliphatic rings. The summed E-state index contributed by atoms with van der Waals surface area (Å²) in [6.45, 7) is 4.41. The van der Waals surface area contributed by atoms with Crippen LogP contribution in [0.2, 0.25) is 0 Å². The van der Waals surface area contributed by atoms with Gasteiger partial charge in [-0.15, -0.1) is 0 Å². The monoisotopic (exact) mass is 209 g/mol. The summed E-state index contributed by atoms with van der Waals surface area (Å²) in [4.78, 5) is 23.1. The molecule has 1 saturated carbocycles. The SMILES string of the molecule is CC(C)C1CCCC2(CC(=O)NC2=O)C1. The van der Waals surface area contributed by atoms with Gasteiger partial charge in [0.05, 0.1) is 5.41 Å². The number of carbonyl (C=O) groups is 2. The van der Waals surface area contributed by atoms with E-state index in [2.05, 4.69) is 19.2 Å². The zero-order chi connectivity index (χ0) is 11.1. The van der Waals surface area contributed by atoms with E-state index in [1.165, 1.54) is 6.42 Å². The van der Waals surface area contributed by atoms with Gasteiger partial charge >= 0.3 is 0 Å². The lowest BCUT2D eigenvalue weighted by Crippen LogP contribution is -2.37.